The van der Waals surface area contributed by atoms with Crippen LogP contribution in [0, 0.1) is 6.92 Å². The maximum absolute atomic E-state index is 4.65. The first-order valence-corrected chi connectivity index (χ1v) is 8.21. The summed E-state index contributed by atoms with van der Waals surface area (Å²) in [4.78, 5) is 13.4. The Morgan fingerprint density at radius 1 is 0.955 bits per heavy atom. The molecule has 22 heavy (non-hydrogen) atoms. The Kier molecular flexibility index (Phi) is 3.38. The van der Waals surface area contributed by atoms with Crippen LogP contribution >= 0.6 is 11.5 Å². The molecule has 0 atom stereocenters. The van der Waals surface area contributed by atoms with Crippen LogP contribution in [-0.2, 0) is 0 Å². The third kappa shape index (κ3) is 2.39. The molecule has 3 heterocycles. The van der Waals surface area contributed by atoms with Crippen LogP contribution in [0.1, 0.15) is 5.56 Å². The molecular weight excluding hydrogens is 294 g/mol. The number of benzene rings is 1. The standard InChI is InChI=1S/C16H17N5S/c1-12-10-17-16(18-11-12)21-8-6-20(7-9-21)15-13-4-2-3-5-14(13)22-19-15/h2-5,10-11H,6-9H2,1H3. The second-order valence-electron chi connectivity index (χ2n) is 5.54. The highest BCUT2D eigenvalue weighted by atomic mass is 32.1. The molecule has 5 nitrogen and oxygen atoms in total. The topological polar surface area (TPSA) is 45.2 Å². The van der Waals surface area contributed by atoms with Gasteiger partial charge in [0.25, 0.3) is 0 Å². The maximum atomic E-state index is 4.65. The second-order valence-corrected chi connectivity index (χ2v) is 6.34. The van der Waals surface area contributed by atoms with Gasteiger partial charge in [-0.05, 0) is 36.2 Å². The van der Waals surface area contributed by atoms with Gasteiger partial charge in [-0.3, -0.25) is 0 Å². The summed E-state index contributed by atoms with van der Waals surface area (Å²) >= 11 is 1.58. The Balaban J connectivity index is 1.51. The third-order valence-corrected chi connectivity index (χ3v) is 4.80. The van der Waals surface area contributed by atoms with E-state index in [2.05, 4.69) is 48.4 Å². The lowest BCUT2D eigenvalue weighted by atomic mass is 10.2. The van der Waals surface area contributed by atoms with Crippen molar-refractivity contribution in [1.82, 2.24) is 14.3 Å². The van der Waals surface area contributed by atoms with E-state index in [-0.39, 0.29) is 0 Å². The van der Waals surface area contributed by atoms with Gasteiger partial charge in [0.05, 0.1) is 4.70 Å². The molecule has 4 rings (SSSR count). The normalized spacial score (nSPS) is 15.5. The van der Waals surface area contributed by atoms with Crippen molar-refractivity contribution in [2.24, 2.45) is 0 Å². The average molecular weight is 311 g/mol. The summed E-state index contributed by atoms with van der Waals surface area (Å²) in [7, 11) is 0. The van der Waals surface area contributed by atoms with E-state index >= 15 is 0 Å². The zero-order valence-electron chi connectivity index (χ0n) is 12.4. The van der Waals surface area contributed by atoms with E-state index in [1.165, 1.54) is 10.1 Å². The smallest absolute Gasteiger partial charge is 0.225 e. The summed E-state index contributed by atoms with van der Waals surface area (Å²) in [5.74, 6) is 1.94. The highest BCUT2D eigenvalue weighted by molar-refractivity contribution is 7.13. The summed E-state index contributed by atoms with van der Waals surface area (Å²) in [6, 6.07) is 8.43. The molecule has 0 amide bonds. The van der Waals surface area contributed by atoms with Gasteiger partial charge in [0.15, 0.2) is 0 Å². The number of nitrogens with zero attached hydrogens (tertiary/aromatic N) is 5. The quantitative estimate of drug-likeness (QED) is 0.728. The van der Waals surface area contributed by atoms with Crippen molar-refractivity contribution in [2.75, 3.05) is 36.0 Å². The van der Waals surface area contributed by atoms with Gasteiger partial charge in [-0.2, -0.15) is 4.37 Å². The lowest BCUT2D eigenvalue weighted by molar-refractivity contribution is 0.637. The van der Waals surface area contributed by atoms with E-state index in [9.17, 15) is 0 Å². The Labute approximate surface area is 133 Å². The molecule has 3 aromatic rings. The number of fused-ring (bicyclic) bond motifs is 1. The average Bonchev–Trinajstić information content (AvgIpc) is 3.00. The molecule has 1 aliphatic rings. The Morgan fingerprint density at radius 3 is 2.41 bits per heavy atom. The van der Waals surface area contributed by atoms with Crippen molar-refractivity contribution in [2.45, 2.75) is 6.92 Å². The summed E-state index contributed by atoms with van der Waals surface area (Å²) in [6.45, 7) is 5.76. The SMILES string of the molecule is Cc1cnc(N2CCN(c3nsc4ccccc34)CC2)nc1. The minimum absolute atomic E-state index is 0.827. The molecule has 6 heteroatoms. The van der Waals surface area contributed by atoms with Crippen molar-refractivity contribution in [3.05, 3.63) is 42.2 Å². The van der Waals surface area contributed by atoms with Crippen LogP contribution < -0.4 is 9.80 Å². The lowest BCUT2D eigenvalue weighted by Gasteiger charge is -2.35. The number of anilines is 2. The molecule has 0 saturated carbocycles. The van der Waals surface area contributed by atoms with E-state index in [1.54, 1.807) is 11.5 Å². The van der Waals surface area contributed by atoms with Crippen LogP contribution in [0.3, 0.4) is 0 Å². The zero-order valence-corrected chi connectivity index (χ0v) is 13.3. The first-order chi connectivity index (χ1) is 10.8. The van der Waals surface area contributed by atoms with Crippen LogP contribution in [0.25, 0.3) is 10.1 Å². The molecular formula is C16H17N5S. The lowest BCUT2D eigenvalue weighted by Crippen LogP contribution is -2.47. The molecule has 2 aromatic heterocycles. The molecule has 0 aliphatic carbocycles. The zero-order chi connectivity index (χ0) is 14.9. The summed E-state index contributed by atoms with van der Waals surface area (Å²) in [5.41, 5.74) is 1.09. The minimum atomic E-state index is 0.827. The fourth-order valence-corrected chi connectivity index (χ4v) is 3.56. The van der Waals surface area contributed by atoms with Gasteiger partial charge in [-0.1, -0.05) is 12.1 Å². The Bertz CT molecular complexity index is 775. The highest BCUT2D eigenvalue weighted by Crippen LogP contribution is 2.30. The molecule has 1 saturated heterocycles. The second kappa shape index (κ2) is 5.53. The maximum Gasteiger partial charge on any atom is 0.225 e. The van der Waals surface area contributed by atoms with Crippen molar-refractivity contribution < 1.29 is 0 Å². The van der Waals surface area contributed by atoms with Gasteiger partial charge in [0, 0.05) is 44.0 Å². The molecule has 0 spiro atoms. The van der Waals surface area contributed by atoms with E-state index in [0.717, 1.165) is 43.5 Å². The number of hydrogen-bond acceptors (Lipinski definition) is 6. The first kappa shape index (κ1) is 13.5. The molecule has 1 fully saturated rings. The van der Waals surface area contributed by atoms with Gasteiger partial charge < -0.3 is 9.80 Å². The Hall–Kier alpha value is -2.21. The number of aromatic nitrogens is 3. The fourth-order valence-electron chi connectivity index (χ4n) is 2.77. The number of aryl methyl sites for hydroxylation is 1. The molecule has 112 valence electrons. The van der Waals surface area contributed by atoms with E-state index in [4.69, 9.17) is 0 Å². The number of hydrogen-bond donors (Lipinski definition) is 0. The van der Waals surface area contributed by atoms with E-state index in [0.29, 0.717) is 0 Å². The summed E-state index contributed by atoms with van der Waals surface area (Å²) in [5, 5.41) is 1.26. The predicted molar refractivity (Wildman–Crippen MR) is 90.8 cm³/mol. The van der Waals surface area contributed by atoms with Crippen molar-refractivity contribution in [3.8, 4) is 0 Å². The number of rotatable bonds is 2. The van der Waals surface area contributed by atoms with Crippen LogP contribution in [0.15, 0.2) is 36.7 Å². The van der Waals surface area contributed by atoms with Gasteiger partial charge in [0.2, 0.25) is 5.95 Å². The van der Waals surface area contributed by atoms with Crippen molar-refractivity contribution in [1.29, 1.82) is 0 Å². The van der Waals surface area contributed by atoms with Crippen LogP contribution in [0.4, 0.5) is 11.8 Å². The van der Waals surface area contributed by atoms with Gasteiger partial charge >= 0.3 is 0 Å². The Morgan fingerprint density at radius 2 is 1.64 bits per heavy atom. The van der Waals surface area contributed by atoms with Crippen molar-refractivity contribution >= 4 is 33.4 Å². The third-order valence-electron chi connectivity index (χ3n) is 3.99. The van der Waals surface area contributed by atoms with Gasteiger partial charge in [-0.25, -0.2) is 9.97 Å². The first-order valence-electron chi connectivity index (χ1n) is 7.44. The molecule has 1 aromatic carbocycles. The van der Waals surface area contributed by atoms with Crippen LogP contribution in [0.5, 0.6) is 0 Å². The summed E-state index contributed by atoms with van der Waals surface area (Å²) < 4.78 is 5.90. The number of piperazine rings is 1. The van der Waals surface area contributed by atoms with E-state index < -0.39 is 0 Å². The molecule has 0 N–H and O–H groups in total. The van der Waals surface area contributed by atoms with Crippen LogP contribution in [0.2, 0.25) is 0 Å². The minimum Gasteiger partial charge on any atom is -0.352 e. The van der Waals surface area contributed by atoms with E-state index in [1.807, 2.05) is 19.3 Å². The molecule has 0 unspecified atom stereocenters. The van der Waals surface area contributed by atoms with Crippen molar-refractivity contribution in [3.63, 3.8) is 0 Å². The molecule has 1 aliphatic heterocycles. The summed E-state index contributed by atoms with van der Waals surface area (Å²) in [6.07, 6.45) is 3.76. The van der Waals surface area contributed by atoms with Crippen LogP contribution in [-0.4, -0.2) is 40.5 Å². The molecule has 0 radical (unpaired) electrons. The fraction of sp³-hybridized carbons (Fsp3) is 0.312. The molecule has 0 bridgehead atoms. The largest absolute Gasteiger partial charge is 0.352 e. The predicted octanol–water partition coefficient (Wildman–Crippen LogP) is 2.72. The van der Waals surface area contributed by atoms with Gasteiger partial charge in [0.1, 0.15) is 5.82 Å². The van der Waals surface area contributed by atoms with Gasteiger partial charge in [-0.15, -0.1) is 0 Å². The highest BCUT2D eigenvalue weighted by Gasteiger charge is 2.21. The monoisotopic (exact) mass is 311 g/mol.